The van der Waals surface area contributed by atoms with Crippen LogP contribution < -0.4 is 10.5 Å². The number of pyridine rings is 1. The molecular weight excluding hydrogens is 422 g/mol. The molecule has 2 aliphatic heterocycles. The first kappa shape index (κ1) is 20.3. The number of hydrogen-bond donors (Lipinski definition) is 1. The van der Waals surface area contributed by atoms with Gasteiger partial charge in [0.25, 0.3) is 0 Å². The van der Waals surface area contributed by atoms with E-state index in [1.54, 1.807) is 6.20 Å². The lowest BCUT2D eigenvalue weighted by Gasteiger charge is -2.29. The maximum absolute atomic E-state index is 6.50. The number of rotatable bonds is 4. The molecule has 3 aromatic heterocycles. The van der Waals surface area contributed by atoms with Gasteiger partial charge in [0, 0.05) is 23.8 Å². The van der Waals surface area contributed by atoms with Crippen LogP contribution in [0, 0.1) is 0 Å². The average molecular weight is 447 g/mol. The van der Waals surface area contributed by atoms with Crippen molar-refractivity contribution in [3.8, 4) is 5.75 Å². The van der Waals surface area contributed by atoms with Crippen LogP contribution in [-0.4, -0.2) is 49.7 Å². The van der Waals surface area contributed by atoms with Crippen molar-refractivity contribution in [3.63, 3.8) is 0 Å². The summed E-state index contributed by atoms with van der Waals surface area (Å²) in [6, 6.07) is 11.7. The summed E-state index contributed by atoms with van der Waals surface area (Å²) in [6.07, 6.45) is 3.90. The van der Waals surface area contributed by atoms with Gasteiger partial charge in [0.1, 0.15) is 48.0 Å². The molecule has 0 bridgehead atoms. The van der Waals surface area contributed by atoms with Crippen LogP contribution in [0.3, 0.4) is 0 Å². The molecule has 0 spiro atoms. The van der Waals surface area contributed by atoms with Crippen molar-refractivity contribution in [3.05, 3.63) is 55.1 Å². The average Bonchev–Trinajstić information content (AvgIpc) is 3.40. The molecule has 0 radical (unpaired) electrons. The van der Waals surface area contributed by atoms with Gasteiger partial charge in [-0.25, -0.2) is 9.97 Å². The summed E-state index contributed by atoms with van der Waals surface area (Å²) >= 11 is 0. The zero-order valence-electron chi connectivity index (χ0n) is 18.6. The maximum atomic E-state index is 6.50. The molecule has 170 valence electrons. The summed E-state index contributed by atoms with van der Waals surface area (Å²) in [5, 5.41) is 1.83. The van der Waals surface area contributed by atoms with Crippen LogP contribution in [0.5, 0.6) is 5.75 Å². The number of nitrogen functional groups attached to an aromatic ring is 1. The molecule has 1 aromatic carbocycles. The molecule has 0 aliphatic carbocycles. The molecule has 0 amide bonds. The van der Waals surface area contributed by atoms with Gasteiger partial charge < -0.3 is 29.2 Å². The minimum Gasteiger partial charge on any atom is -0.491 e. The molecule has 33 heavy (non-hydrogen) atoms. The van der Waals surface area contributed by atoms with Crippen LogP contribution in [0.15, 0.2) is 55.1 Å². The Balaban J connectivity index is 1.31. The molecule has 4 aromatic rings. The van der Waals surface area contributed by atoms with Gasteiger partial charge in [-0.2, -0.15) is 0 Å². The predicted molar refractivity (Wildman–Crippen MR) is 122 cm³/mol. The molecule has 2 fully saturated rings. The van der Waals surface area contributed by atoms with E-state index >= 15 is 0 Å². The molecule has 4 atom stereocenters. The second kappa shape index (κ2) is 7.11. The van der Waals surface area contributed by atoms with E-state index in [4.69, 9.17) is 24.7 Å². The van der Waals surface area contributed by atoms with E-state index in [0.717, 1.165) is 22.0 Å². The van der Waals surface area contributed by atoms with Gasteiger partial charge in [-0.1, -0.05) is 6.07 Å². The zero-order chi connectivity index (χ0) is 22.8. The number of hydrogen-bond acceptors (Lipinski definition) is 8. The molecule has 2 N–H and O–H groups in total. The van der Waals surface area contributed by atoms with Crippen molar-refractivity contribution < 1.29 is 18.9 Å². The second-order valence-electron chi connectivity index (χ2n) is 9.13. The Morgan fingerprint density at radius 1 is 1.12 bits per heavy atom. The number of nitrogens with zero attached hydrogens (tertiary/aromatic N) is 4. The van der Waals surface area contributed by atoms with Gasteiger partial charge in [0.05, 0.1) is 10.9 Å². The summed E-state index contributed by atoms with van der Waals surface area (Å²) in [7, 11) is 0. The van der Waals surface area contributed by atoms with Gasteiger partial charge in [-0.05, 0) is 45.0 Å². The number of nitrogens with two attached hydrogens (primary N) is 1. The first-order valence-electron chi connectivity index (χ1n) is 10.9. The SMILES string of the molecule is CC1(C)O[C@H]2[C@H](n3ccc4c(N)ncnc43)O[C@H](COc3ccc4cccnc4c3)[C@@]2(C)O1. The van der Waals surface area contributed by atoms with Crippen LogP contribution in [-0.2, 0) is 14.2 Å². The number of anilines is 1. The molecule has 6 rings (SSSR count). The van der Waals surface area contributed by atoms with Gasteiger partial charge >= 0.3 is 0 Å². The van der Waals surface area contributed by atoms with E-state index in [1.165, 1.54) is 6.33 Å². The zero-order valence-corrected chi connectivity index (χ0v) is 18.6. The number of benzene rings is 1. The van der Waals surface area contributed by atoms with E-state index in [-0.39, 0.29) is 18.8 Å². The summed E-state index contributed by atoms with van der Waals surface area (Å²) in [5.41, 5.74) is 6.88. The van der Waals surface area contributed by atoms with Crippen LogP contribution in [0.1, 0.15) is 27.0 Å². The third-order valence-electron chi connectivity index (χ3n) is 6.44. The topological polar surface area (TPSA) is 107 Å². The van der Waals surface area contributed by atoms with E-state index < -0.39 is 17.6 Å². The summed E-state index contributed by atoms with van der Waals surface area (Å²) in [4.78, 5) is 12.9. The van der Waals surface area contributed by atoms with Crippen molar-refractivity contribution in [2.24, 2.45) is 0 Å². The highest BCUT2D eigenvalue weighted by Gasteiger charge is 2.64. The quantitative estimate of drug-likeness (QED) is 0.507. The minimum absolute atomic E-state index is 0.289. The van der Waals surface area contributed by atoms with Crippen molar-refractivity contribution in [2.45, 2.75) is 50.6 Å². The molecule has 5 heterocycles. The van der Waals surface area contributed by atoms with Crippen LogP contribution in [0.4, 0.5) is 5.82 Å². The fourth-order valence-electron chi connectivity index (χ4n) is 4.92. The van der Waals surface area contributed by atoms with Gasteiger partial charge in [-0.3, -0.25) is 4.98 Å². The Morgan fingerprint density at radius 3 is 2.88 bits per heavy atom. The lowest BCUT2D eigenvalue weighted by molar-refractivity contribution is -0.213. The molecule has 2 aliphatic rings. The number of ether oxygens (including phenoxy) is 4. The minimum atomic E-state index is -0.760. The largest absolute Gasteiger partial charge is 0.491 e. The fourth-order valence-corrected chi connectivity index (χ4v) is 4.92. The summed E-state index contributed by atoms with van der Waals surface area (Å²) in [5.74, 6) is 0.385. The highest BCUT2D eigenvalue weighted by molar-refractivity contribution is 5.86. The van der Waals surface area contributed by atoms with Crippen molar-refractivity contribution >= 4 is 27.8 Å². The van der Waals surface area contributed by atoms with Crippen molar-refractivity contribution in [2.75, 3.05) is 12.3 Å². The van der Waals surface area contributed by atoms with E-state index in [2.05, 4.69) is 15.0 Å². The molecule has 9 heteroatoms. The molecule has 0 unspecified atom stereocenters. The maximum Gasteiger partial charge on any atom is 0.165 e. The molecular formula is C24H25N5O4. The van der Waals surface area contributed by atoms with E-state index in [1.807, 2.05) is 67.9 Å². The number of fused-ring (bicyclic) bond motifs is 3. The molecule has 2 saturated heterocycles. The molecule has 0 saturated carbocycles. The first-order chi connectivity index (χ1) is 15.8. The van der Waals surface area contributed by atoms with Gasteiger partial charge in [0.15, 0.2) is 12.0 Å². The Bertz CT molecular complexity index is 1360. The second-order valence-corrected chi connectivity index (χ2v) is 9.13. The third-order valence-corrected chi connectivity index (χ3v) is 6.44. The van der Waals surface area contributed by atoms with Crippen LogP contribution in [0.25, 0.3) is 21.9 Å². The fraction of sp³-hybridized carbons (Fsp3) is 0.375. The Kier molecular flexibility index (Phi) is 4.39. The normalized spacial score (nSPS) is 28.4. The monoisotopic (exact) mass is 447 g/mol. The molecule has 9 nitrogen and oxygen atoms in total. The lowest BCUT2D eigenvalue weighted by Crippen LogP contribution is -2.46. The Hall–Kier alpha value is -3.27. The van der Waals surface area contributed by atoms with Crippen molar-refractivity contribution in [1.29, 1.82) is 0 Å². The Morgan fingerprint density at radius 2 is 2.00 bits per heavy atom. The van der Waals surface area contributed by atoms with E-state index in [0.29, 0.717) is 11.5 Å². The van der Waals surface area contributed by atoms with Crippen LogP contribution >= 0.6 is 0 Å². The summed E-state index contributed by atoms with van der Waals surface area (Å²) < 4.78 is 27.3. The van der Waals surface area contributed by atoms with Gasteiger partial charge in [0.2, 0.25) is 0 Å². The highest BCUT2D eigenvalue weighted by atomic mass is 16.8. The Labute approximate surface area is 190 Å². The predicted octanol–water partition coefficient (Wildman–Crippen LogP) is 3.45. The smallest absolute Gasteiger partial charge is 0.165 e. The third kappa shape index (κ3) is 3.23. The van der Waals surface area contributed by atoms with E-state index in [9.17, 15) is 0 Å². The van der Waals surface area contributed by atoms with Crippen LogP contribution in [0.2, 0.25) is 0 Å². The summed E-state index contributed by atoms with van der Waals surface area (Å²) in [6.45, 7) is 6.12. The number of aromatic nitrogens is 4. The standard InChI is InChI=1S/C24H25N5O4/c1-23(2)32-19-22(29-10-8-16-20(25)27-13-28-21(16)29)31-18(24(19,3)33-23)12-30-15-7-6-14-5-4-9-26-17(14)11-15/h4-11,13,18-19,22H,12H2,1-3H3,(H2,25,27,28)/t18-,19+,22-,24-/m1/s1. The van der Waals surface area contributed by atoms with Gasteiger partial charge in [-0.15, -0.1) is 0 Å². The first-order valence-corrected chi connectivity index (χ1v) is 10.9. The lowest BCUT2D eigenvalue weighted by atomic mass is 9.95. The van der Waals surface area contributed by atoms with Crippen molar-refractivity contribution in [1.82, 2.24) is 19.5 Å². The highest BCUT2D eigenvalue weighted by Crippen LogP contribution is 2.50.